The van der Waals surface area contributed by atoms with Gasteiger partial charge in [0, 0.05) is 26.1 Å². The van der Waals surface area contributed by atoms with Crippen molar-refractivity contribution in [3.05, 3.63) is 70.3 Å². The van der Waals surface area contributed by atoms with E-state index in [2.05, 4.69) is 16.3 Å². The lowest BCUT2D eigenvalue weighted by atomic mass is 9.83. The molecular weight excluding hydrogens is 448 g/mol. The van der Waals surface area contributed by atoms with Gasteiger partial charge in [-0.1, -0.05) is 18.2 Å². The smallest absolute Gasteiger partial charge is 0.262 e. The summed E-state index contributed by atoms with van der Waals surface area (Å²) in [4.78, 5) is 52.9. The zero-order valence-electron chi connectivity index (χ0n) is 19.0. The number of benzene rings is 2. The molecule has 178 valence electrons. The molecule has 5 rings (SSSR count). The highest BCUT2D eigenvalue weighted by atomic mass is 16.3. The summed E-state index contributed by atoms with van der Waals surface area (Å²) in [5.74, 6) is -2.21. The molecule has 2 aromatic carbocycles. The topological polar surface area (TPSA) is 131 Å². The number of imide groups is 2. The number of nitrogens with zero attached hydrogens (tertiary/aromatic N) is 3. The van der Waals surface area contributed by atoms with E-state index in [4.69, 9.17) is 5.26 Å². The number of likely N-dealkylation sites (tertiary alicyclic amines) is 1. The molecular formula is C26H24N4O5. The Bertz CT molecular complexity index is 1270. The number of carbonyl (C=O) groups is 4. The highest BCUT2D eigenvalue weighted by Crippen LogP contribution is 2.36. The summed E-state index contributed by atoms with van der Waals surface area (Å²) in [6.45, 7) is 1.99. The molecule has 2 aromatic rings. The number of amides is 4. The molecule has 0 bridgehead atoms. The molecule has 0 radical (unpaired) electrons. The molecule has 3 aliphatic rings. The van der Waals surface area contributed by atoms with Gasteiger partial charge in [0.25, 0.3) is 11.8 Å². The van der Waals surface area contributed by atoms with Gasteiger partial charge < -0.3 is 5.11 Å². The van der Waals surface area contributed by atoms with Crippen molar-refractivity contribution in [3.8, 4) is 6.07 Å². The summed E-state index contributed by atoms with van der Waals surface area (Å²) in [6.07, 6.45) is 1.08. The number of hydrogen-bond donors (Lipinski definition) is 2. The molecule has 0 aliphatic carbocycles. The average molecular weight is 473 g/mol. The van der Waals surface area contributed by atoms with E-state index in [1.54, 1.807) is 24.3 Å². The number of aliphatic hydroxyl groups is 1. The van der Waals surface area contributed by atoms with E-state index in [1.165, 1.54) is 6.07 Å². The van der Waals surface area contributed by atoms with Crippen LogP contribution < -0.4 is 5.32 Å². The quantitative estimate of drug-likeness (QED) is 0.644. The molecule has 3 heterocycles. The van der Waals surface area contributed by atoms with Gasteiger partial charge >= 0.3 is 0 Å². The lowest BCUT2D eigenvalue weighted by molar-refractivity contribution is -0.136. The minimum absolute atomic E-state index is 0.0633. The molecule has 0 spiro atoms. The first-order valence-corrected chi connectivity index (χ1v) is 11.6. The van der Waals surface area contributed by atoms with Crippen LogP contribution in [0, 0.1) is 11.3 Å². The first-order valence-electron chi connectivity index (χ1n) is 11.6. The number of carbonyl (C=O) groups excluding carboxylic acids is 4. The van der Waals surface area contributed by atoms with Crippen molar-refractivity contribution < 1.29 is 24.3 Å². The van der Waals surface area contributed by atoms with E-state index in [-0.39, 0.29) is 24.0 Å². The number of nitrogens with one attached hydrogen (secondary N) is 1. The molecule has 2 fully saturated rings. The van der Waals surface area contributed by atoms with Crippen molar-refractivity contribution in [3.63, 3.8) is 0 Å². The Hall–Kier alpha value is -3.87. The van der Waals surface area contributed by atoms with Gasteiger partial charge in [0.1, 0.15) is 6.04 Å². The molecule has 1 unspecified atom stereocenters. The van der Waals surface area contributed by atoms with Gasteiger partial charge in [0.15, 0.2) is 0 Å². The highest BCUT2D eigenvalue weighted by Gasteiger charge is 2.45. The summed E-state index contributed by atoms with van der Waals surface area (Å²) >= 11 is 0. The van der Waals surface area contributed by atoms with Crippen LogP contribution in [0.15, 0.2) is 42.5 Å². The van der Waals surface area contributed by atoms with Gasteiger partial charge in [0.2, 0.25) is 11.8 Å². The number of rotatable bonds is 4. The van der Waals surface area contributed by atoms with E-state index in [0.717, 1.165) is 10.5 Å². The minimum Gasteiger partial charge on any atom is -0.385 e. The Morgan fingerprint density at radius 3 is 2.34 bits per heavy atom. The molecule has 35 heavy (non-hydrogen) atoms. The van der Waals surface area contributed by atoms with E-state index in [0.29, 0.717) is 43.6 Å². The number of nitriles is 1. The van der Waals surface area contributed by atoms with E-state index >= 15 is 0 Å². The van der Waals surface area contributed by atoms with Crippen molar-refractivity contribution in [2.24, 2.45) is 0 Å². The SMILES string of the molecule is N#Cc1ccc(CN2CCC(O)(c3ccc4c(c3)C(=O)N(C3CCC(=O)NC3=O)C4=O)CC2)cc1. The monoisotopic (exact) mass is 472 g/mol. The van der Waals surface area contributed by atoms with E-state index in [1.807, 2.05) is 12.1 Å². The van der Waals surface area contributed by atoms with Crippen molar-refractivity contribution >= 4 is 23.6 Å². The second kappa shape index (κ2) is 8.73. The molecule has 9 heteroatoms. The van der Waals surface area contributed by atoms with Crippen LogP contribution in [0.1, 0.15) is 63.1 Å². The lowest BCUT2D eigenvalue weighted by Crippen LogP contribution is -2.54. The van der Waals surface area contributed by atoms with Crippen LogP contribution in [-0.2, 0) is 21.7 Å². The number of hydrogen-bond acceptors (Lipinski definition) is 7. The second-order valence-electron chi connectivity index (χ2n) is 9.32. The van der Waals surface area contributed by atoms with Crippen LogP contribution in [0.25, 0.3) is 0 Å². The fraction of sp³-hybridized carbons (Fsp3) is 0.346. The summed E-state index contributed by atoms with van der Waals surface area (Å²) in [6, 6.07) is 13.3. The van der Waals surface area contributed by atoms with Crippen molar-refractivity contribution in [1.29, 1.82) is 5.26 Å². The summed E-state index contributed by atoms with van der Waals surface area (Å²) in [7, 11) is 0. The zero-order chi connectivity index (χ0) is 24.7. The molecule has 3 aliphatic heterocycles. The Kier molecular flexibility index (Phi) is 5.71. The number of fused-ring (bicyclic) bond motifs is 1. The van der Waals surface area contributed by atoms with Gasteiger partial charge in [-0.25, -0.2) is 0 Å². The van der Waals surface area contributed by atoms with Gasteiger partial charge in [0.05, 0.1) is 28.4 Å². The summed E-state index contributed by atoms with van der Waals surface area (Å²) < 4.78 is 0. The van der Waals surface area contributed by atoms with Gasteiger partial charge in [-0.05, 0) is 54.7 Å². The fourth-order valence-corrected chi connectivity index (χ4v) is 5.07. The average Bonchev–Trinajstić information content (AvgIpc) is 3.11. The largest absolute Gasteiger partial charge is 0.385 e. The molecule has 2 N–H and O–H groups in total. The fourth-order valence-electron chi connectivity index (χ4n) is 5.07. The highest BCUT2D eigenvalue weighted by molar-refractivity contribution is 6.23. The van der Waals surface area contributed by atoms with Crippen molar-refractivity contribution in [1.82, 2.24) is 15.1 Å². The van der Waals surface area contributed by atoms with Crippen LogP contribution >= 0.6 is 0 Å². The van der Waals surface area contributed by atoms with Crippen LogP contribution in [0.4, 0.5) is 0 Å². The predicted molar refractivity (Wildman–Crippen MR) is 123 cm³/mol. The first kappa shape index (κ1) is 22.9. The predicted octanol–water partition coefficient (Wildman–Crippen LogP) is 1.44. The Morgan fingerprint density at radius 2 is 1.69 bits per heavy atom. The summed E-state index contributed by atoms with van der Waals surface area (Å²) in [5, 5.41) is 22.5. The Morgan fingerprint density at radius 1 is 1.00 bits per heavy atom. The third-order valence-corrected chi connectivity index (χ3v) is 7.15. The van der Waals surface area contributed by atoms with Crippen molar-refractivity contribution in [2.75, 3.05) is 13.1 Å². The number of piperidine rings is 2. The molecule has 0 saturated carbocycles. The van der Waals surface area contributed by atoms with E-state index < -0.39 is 35.3 Å². The summed E-state index contributed by atoms with van der Waals surface area (Å²) in [5.41, 5.74) is 1.50. The first-order chi connectivity index (χ1) is 16.8. The molecule has 9 nitrogen and oxygen atoms in total. The maximum Gasteiger partial charge on any atom is 0.262 e. The molecule has 4 amide bonds. The maximum absolute atomic E-state index is 13.1. The van der Waals surface area contributed by atoms with Gasteiger partial charge in [-0.3, -0.25) is 34.3 Å². The minimum atomic E-state index is -1.14. The Balaban J connectivity index is 1.29. The van der Waals surface area contributed by atoms with Crippen LogP contribution in [0.2, 0.25) is 0 Å². The van der Waals surface area contributed by atoms with E-state index in [9.17, 15) is 24.3 Å². The third kappa shape index (κ3) is 4.11. The van der Waals surface area contributed by atoms with Gasteiger partial charge in [-0.15, -0.1) is 0 Å². The molecule has 0 aromatic heterocycles. The molecule has 2 saturated heterocycles. The normalized spacial score (nSPS) is 22.1. The van der Waals surface area contributed by atoms with Crippen molar-refractivity contribution in [2.45, 2.75) is 43.9 Å². The maximum atomic E-state index is 13.1. The Labute approximate surface area is 201 Å². The second-order valence-corrected chi connectivity index (χ2v) is 9.32. The molecule has 1 atom stereocenters. The van der Waals surface area contributed by atoms with Crippen LogP contribution in [0.5, 0.6) is 0 Å². The zero-order valence-corrected chi connectivity index (χ0v) is 19.0. The lowest BCUT2D eigenvalue weighted by Gasteiger charge is -2.38. The van der Waals surface area contributed by atoms with Crippen LogP contribution in [-0.4, -0.2) is 57.7 Å². The van der Waals surface area contributed by atoms with Crippen LogP contribution in [0.3, 0.4) is 0 Å². The standard InChI is InChI=1S/C26H24N4O5/c27-14-16-1-3-17(4-2-16)15-29-11-9-26(35,10-12-29)18-5-6-19-20(13-18)25(34)30(24(19)33)21-7-8-22(31)28-23(21)32/h1-6,13,21,35H,7-12,15H2,(H,28,31,32). The van der Waals surface area contributed by atoms with Gasteiger partial charge in [-0.2, -0.15) is 5.26 Å². The third-order valence-electron chi connectivity index (χ3n) is 7.15.